The van der Waals surface area contributed by atoms with Crippen LogP contribution in [-0.2, 0) is 4.79 Å². The molecule has 2 saturated carbocycles. The first kappa shape index (κ1) is 19.0. The van der Waals surface area contributed by atoms with Crippen LogP contribution in [0.4, 0.5) is 11.4 Å². The lowest BCUT2D eigenvalue weighted by atomic mass is 9.88. The summed E-state index contributed by atoms with van der Waals surface area (Å²) in [7, 11) is 0. The highest BCUT2D eigenvalue weighted by molar-refractivity contribution is 6.10. The third-order valence-electron chi connectivity index (χ3n) is 6.56. The number of aliphatic hydroxyl groups is 1. The van der Waals surface area contributed by atoms with Crippen molar-refractivity contribution in [3.63, 3.8) is 0 Å². The van der Waals surface area contributed by atoms with Gasteiger partial charge in [0.2, 0.25) is 0 Å². The zero-order chi connectivity index (χ0) is 19.7. The van der Waals surface area contributed by atoms with E-state index in [4.69, 9.17) is 0 Å². The topological polar surface area (TPSA) is 76.4 Å². The smallest absolute Gasteiger partial charge is 0.254 e. The van der Waals surface area contributed by atoms with E-state index < -0.39 is 0 Å². The molecule has 2 fully saturated rings. The SMILES string of the molecule is CCC1=C2CCCCC2N(c2ccc(C#N)c(NC3CCC(O)CC3)c2)C1=O. The number of hydrogen-bond donors (Lipinski definition) is 2. The van der Waals surface area contributed by atoms with Crippen molar-refractivity contribution in [1.29, 1.82) is 5.26 Å². The summed E-state index contributed by atoms with van der Waals surface area (Å²) >= 11 is 0. The number of fused-ring (bicyclic) bond motifs is 1. The van der Waals surface area contributed by atoms with Gasteiger partial charge in [0.25, 0.3) is 5.91 Å². The average molecular weight is 380 g/mol. The highest BCUT2D eigenvalue weighted by atomic mass is 16.3. The van der Waals surface area contributed by atoms with E-state index in [0.29, 0.717) is 5.56 Å². The van der Waals surface area contributed by atoms with Gasteiger partial charge >= 0.3 is 0 Å². The van der Waals surface area contributed by atoms with Crippen molar-refractivity contribution in [2.24, 2.45) is 0 Å². The lowest BCUT2D eigenvalue weighted by Gasteiger charge is -2.31. The summed E-state index contributed by atoms with van der Waals surface area (Å²) in [5.74, 6) is 0.140. The summed E-state index contributed by atoms with van der Waals surface area (Å²) in [6.45, 7) is 2.07. The van der Waals surface area contributed by atoms with Crippen LogP contribution in [0.2, 0.25) is 0 Å². The summed E-state index contributed by atoms with van der Waals surface area (Å²) < 4.78 is 0. The summed E-state index contributed by atoms with van der Waals surface area (Å²) in [5, 5.41) is 22.8. The van der Waals surface area contributed by atoms with Gasteiger partial charge in [0.05, 0.1) is 23.4 Å². The Kier molecular flexibility index (Phi) is 5.41. The Balaban J connectivity index is 1.62. The molecule has 0 saturated heterocycles. The van der Waals surface area contributed by atoms with E-state index >= 15 is 0 Å². The summed E-state index contributed by atoms with van der Waals surface area (Å²) in [6.07, 6.45) is 8.33. The molecule has 4 rings (SSSR count). The van der Waals surface area contributed by atoms with Crippen molar-refractivity contribution in [1.82, 2.24) is 0 Å². The Morgan fingerprint density at radius 2 is 2.00 bits per heavy atom. The van der Waals surface area contributed by atoms with E-state index in [1.807, 2.05) is 23.1 Å². The second kappa shape index (κ2) is 7.97. The second-order valence-electron chi connectivity index (χ2n) is 8.29. The molecule has 0 radical (unpaired) electrons. The number of rotatable bonds is 4. The first-order valence-corrected chi connectivity index (χ1v) is 10.7. The van der Waals surface area contributed by atoms with Crippen molar-refractivity contribution in [3.8, 4) is 6.07 Å². The molecule has 5 nitrogen and oxygen atoms in total. The number of carbonyl (C=O) groups excluding carboxylic acids is 1. The molecule has 148 valence electrons. The number of amides is 1. The van der Waals surface area contributed by atoms with Gasteiger partial charge in [0.15, 0.2) is 0 Å². The number of hydrogen-bond acceptors (Lipinski definition) is 4. The van der Waals surface area contributed by atoms with Crippen LogP contribution in [-0.4, -0.2) is 29.2 Å². The van der Waals surface area contributed by atoms with E-state index in [1.165, 1.54) is 12.0 Å². The van der Waals surface area contributed by atoms with Gasteiger partial charge in [-0.25, -0.2) is 0 Å². The van der Waals surface area contributed by atoms with Crippen molar-refractivity contribution in [2.45, 2.75) is 82.9 Å². The normalized spacial score (nSPS) is 27.5. The van der Waals surface area contributed by atoms with Gasteiger partial charge in [-0.05, 0) is 75.1 Å². The number of nitrogens with zero attached hydrogens (tertiary/aromatic N) is 2. The summed E-state index contributed by atoms with van der Waals surface area (Å²) in [4.78, 5) is 15.1. The number of carbonyl (C=O) groups is 1. The van der Waals surface area contributed by atoms with E-state index in [-0.39, 0.29) is 24.1 Å². The van der Waals surface area contributed by atoms with Crippen LogP contribution in [0.3, 0.4) is 0 Å². The Bertz CT molecular complexity index is 831. The molecule has 3 aliphatic rings. The van der Waals surface area contributed by atoms with Gasteiger partial charge in [0, 0.05) is 17.3 Å². The summed E-state index contributed by atoms with van der Waals surface area (Å²) in [6, 6.07) is 8.44. The van der Waals surface area contributed by atoms with Crippen LogP contribution < -0.4 is 10.2 Å². The fourth-order valence-electron chi connectivity index (χ4n) is 5.07. The quantitative estimate of drug-likeness (QED) is 0.819. The number of benzene rings is 1. The molecule has 1 aliphatic heterocycles. The molecule has 28 heavy (non-hydrogen) atoms. The van der Waals surface area contributed by atoms with E-state index in [9.17, 15) is 15.2 Å². The lowest BCUT2D eigenvalue weighted by Crippen LogP contribution is -2.37. The highest BCUT2D eigenvalue weighted by Gasteiger charge is 2.40. The largest absolute Gasteiger partial charge is 0.393 e. The third kappa shape index (κ3) is 3.42. The van der Waals surface area contributed by atoms with Crippen LogP contribution in [0.5, 0.6) is 0 Å². The fraction of sp³-hybridized carbons (Fsp3) is 0.565. The molecule has 0 bridgehead atoms. The number of nitriles is 1. The minimum Gasteiger partial charge on any atom is -0.393 e. The van der Waals surface area contributed by atoms with Crippen LogP contribution in [0.1, 0.15) is 70.3 Å². The molecule has 0 spiro atoms. The molecular formula is C23H29N3O2. The number of aliphatic hydroxyl groups excluding tert-OH is 1. The molecule has 1 heterocycles. The maximum atomic E-state index is 13.2. The predicted molar refractivity (Wildman–Crippen MR) is 110 cm³/mol. The van der Waals surface area contributed by atoms with Crippen LogP contribution >= 0.6 is 0 Å². The van der Waals surface area contributed by atoms with Gasteiger partial charge in [-0.1, -0.05) is 13.3 Å². The van der Waals surface area contributed by atoms with Crippen molar-refractivity contribution in [2.75, 3.05) is 10.2 Å². The van der Waals surface area contributed by atoms with E-state index in [2.05, 4.69) is 18.3 Å². The fourth-order valence-corrected chi connectivity index (χ4v) is 5.07. The van der Waals surface area contributed by atoms with Crippen molar-refractivity contribution >= 4 is 17.3 Å². The van der Waals surface area contributed by atoms with Gasteiger partial charge in [0.1, 0.15) is 6.07 Å². The number of anilines is 2. The Hall–Kier alpha value is -2.32. The van der Waals surface area contributed by atoms with Gasteiger partial charge in [-0.3, -0.25) is 4.79 Å². The molecule has 5 heteroatoms. The monoisotopic (exact) mass is 379 g/mol. The Morgan fingerprint density at radius 3 is 2.71 bits per heavy atom. The maximum Gasteiger partial charge on any atom is 0.254 e. The van der Waals surface area contributed by atoms with Crippen LogP contribution in [0, 0.1) is 11.3 Å². The van der Waals surface area contributed by atoms with Crippen molar-refractivity contribution in [3.05, 3.63) is 34.9 Å². The zero-order valence-corrected chi connectivity index (χ0v) is 16.6. The minimum absolute atomic E-state index is 0.140. The Morgan fingerprint density at radius 1 is 1.21 bits per heavy atom. The minimum atomic E-state index is -0.203. The Labute approximate surface area is 167 Å². The van der Waals surface area contributed by atoms with Crippen LogP contribution in [0.15, 0.2) is 29.3 Å². The molecule has 1 unspecified atom stereocenters. The molecule has 1 aromatic rings. The molecular weight excluding hydrogens is 350 g/mol. The first-order chi connectivity index (χ1) is 13.6. The van der Waals surface area contributed by atoms with Gasteiger partial charge < -0.3 is 15.3 Å². The lowest BCUT2D eigenvalue weighted by molar-refractivity contribution is -0.114. The highest BCUT2D eigenvalue weighted by Crippen LogP contribution is 2.41. The number of nitrogens with one attached hydrogen (secondary N) is 1. The van der Waals surface area contributed by atoms with E-state index in [0.717, 1.165) is 68.3 Å². The third-order valence-corrected chi connectivity index (χ3v) is 6.56. The molecule has 2 N–H and O–H groups in total. The first-order valence-electron chi connectivity index (χ1n) is 10.7. The molecule has 2 aliphatic carbocycles. The molecule has 1 atom stereocenters. The van der Waals surface area contributed by atoms with Gasteiger partial charge in [-0.15, -0.1) is 0 Å². The predicted octanol–water partition coefficient (Wildman–Crippen LogP) is 4.27. The zero-order valence-electron chi connectivity index (χ0n) is 16.6. The maximum absolute atomic E-state index is 13.2. The average Bonchev–Trinajstić information content (AvgIpc) is 3.00. The van der Waals surface area contributed by atoms with Gasteiger partial charge in [-0.2, -0.15) is 5.26 Å². The molecule has 0 aromatic heterocycles. The van der Waals surface area contributed by atoms with E-state index in [1.54, 1.807) is 0 Å². The van der Waals surface area contributed by atoms with Crippen LogP contribution in [0.25, 0.3) is 0 Å². The second-order valence-corrected chi connectivity index (χ2v) is 8.29. The van der Waals surface area contributed by atoms with Crippen molar-refractivity contribution < 1.29 is 9.90 Å². The summed E-state index contributed by atoms with van der Waals surface area (Å²) in [5.41, 5.74) is 4.62. The standard InChI is InChI=1S/C23H29N3O2/c1-2-19-20-5-3-4-6-22(20)26(23(19)28)17-10-7-15(14-24)21(13-17)25-16-8-11-18(27)12-9-16/h7,10,13,16,18,22,25,27H,2-6,8-9,11-12H2,1H3. The molecule has 1 amide bonds. The molecule has 1 aromatic carbocycles.